The number of carbonyl (C=O) groups is 1. The zero-order valence-electron chi connectivity index (χ0n) is 9.21. The SMILES string of the molecule is O=C(CC1COCCN1)c1cc(F)cc(F)c1. The van der Waals surface area contributed by atoms with Crippen LogP contribution in [0.5, 0.6) is 0 Å². The number of hydrogen-bond donors (Lipinski definition) is 1. The molecule has 0 spiro atoms. The van der Waals surface area contributed by atoms with Crippen LogP contribution < -0.4 is 5.32 Å². The average Bonchev–Trinajstić information content (AvgIpc) is 2.29. The van der Waals surface area contributed by atoms with Gasteiger partial charge in [0, 0.05) is 30.6 Å². The molecule has 92 valence electrons. The maximum absolute atomic E-state index is 12.9. The van der Waals surface area contributed by atoms with Crippen molar-refractivity contribution in [2.45, 2.75) is 12.5 Å². The van der Waals surface area contributed by atoms with Gasteiger partial charge in [-0.1, -0.05) is 0 Å². The van der Waals surface area contributed by atoms with E-state index in [1.165, 1.54) is 0 Å². The van der Waals surface area contributed by atoms with Gasteiger partial charge in [0.15, 0.2) is 5.78 Å². The highest BCUT2D eigenvalue weighted by atomic mass is 19.1. The molecular formula is C12H13F2NO2. The Morgan fingerprint density at radius 2 is 2.06 bits per heavy atom. The summed E-state index contributed by atoms with van der Waals surface area (Å²) in [5.74, 6) is -1.76. The number of halogens is 2. The van der Waals surface area contributed by atoms with Crippen molar-refractivity contribution in [3.05, 3.63) is 35.4 Å². The topological polar surface area (TPSA) is 38.3 Å². The van der Waals surface area contributed by atoms with E-state index in [2.05, 4.69) is 5.32 Å². The Balaban J connectivity index is 2.03. The third kappa shape index (κ3) is 3.31. The van der Waals surface area contributed by atoms with Gasteiger partial charge in [0.1, 0.15) is 11.6 Å². The van der Waals surface area contributed by atoms with Crippen LogP contribution in [0.1, 0.15) is 16.8 Å². The molecule has 5 heteroatoms. The molecule has 1 fully saturated rings. The van der Waals surface area contributed by atoms with E-state index in [0.717, 1.165) is 18.2 Å². The van der Waals surface area contributed by atoms with Crippen molar-refractivity contribution in [2.24, 2.45) is 0 Å². The maximum Gasteiger partial charge on any atom is 0.164 e. The summed E-state index contributed by atoms with van der Waals surface area (Å²) in [6.07, 6.45) is 0.183. The minimum absolute atomic E-state index is 0.0647. The molecule has 1 atom stereocenters. The van der Waals surface area contributed by atoms with Gasteiger partial charge >= 0.3 is 0 Å². The van der Waals surface area contributed by atoms with Crippen LogP contribution in [0.4, 0.5) is 8.78 Å². The van der Waals surface area contributed by atoms with E-state index in [9.17, 15) is 13.6 Å². The van der Waals surface area contributed by atoms with Gasteiger partial charge in [0.25, 0.3) is 0 Å². The van der Waals surface area contributed by atoms with E-state index in [1.54, 1.807) is 0 Å². The number of rotatable bonds is 3. The highest BCUT2D eigenvalue weighted by molar-refractivity contribution is 5.96. The summed E-state index contributed by atoms with van der Waals surface area (Å²) in [5.41, 5.74) is 0.0647. The zero-order valence-corrected chi connectivity index (χ0v) is 9.21. The first-order chi connectivity index (χ1) is 8.15. The van der Waals surface area contributed by atoms with Crippen molar-refractivity contribution in [1.82, 2.24) is 5.32 Å². The Morgan fingerprint density at radius 3 is 2.65 bits per heavy atom. The molecule has 1 aromatic carbocycles. The van der Waals surface area contributed by atoms with Gasteiger partial charge in [0.05, 0.1) is 13.2 Å². The van der Waals surface area contributed by atoms with E-state index in [4.69, 9.17) is 4.74 Å². The molecule has 0 aromatic heterocycles. The smallest absolute Gasteiger partial charge is 0.164 e. The largest absolute Gasteiger partial charge is 0.378 e. The number of morpholine rings is 1. The molecule has 1 aliphatic heterocycles. The third-order valence-corrected chi connectivity index (χ3v) is 2.61. The summed E-state index contributed by atoms with van der Waals surface area (Å²) in [6, 6.07) is 2.77. The second-order valence-corrected chi connectivity index (χ2v) is 4.01. The maximum atomic E-state index is 12.9. The highest BCUT2D eigenvalue weighted by Crippen LogP contribution is 2.12. The molecule has 0 radical (unpaired) electrons. The normalized spacial score (nSPS) is 20.2. The second-order valence-electron chi connectivity index (χ2n) is 4.01. The molecule has 1 N–H and O–H groups in total. The minimum Gasteiger partial charge on any atom is -0.378 e. The highest BCUT2D eigenvalue weighted by Gasteiger charge is 2.18. The standard InChI is InChI=1S/C12H13F2NO2/c13-9-3-8(4-10(14)5-9)12(16)6-11-7-17-2-1-15-11/h3-5,11,15H,1-2,6-7H2. The molecule has 1 saturated heterocycles. The molecule has 1 aromatic rings. The Hall–Kier alpha value is -1.33. The number of Topliss-reactive ketones (excluding diaryl/α,β-unsaturated/α-hetero) is 1. The summed E-state index contributed by atoms with van der Waals surface area (Å²) in [6.45, 7) is 1.76. The molecule has 0 bridgehead atoms. The van der Waals surface area contributed by atoms with Crippen LogP contribution in [-0.4, -0.2) is 31.6 Å². The summed E-state index contributed by atoms with van der Waals surface area (Å²) in [7, 11) is 0. The molecule has 0 aliphatic carbocycles. The third-order valence-electron chi connectivity index (χ3n) is 2.61. The van der Waals surface area contributed by atoms with E-state index in [0.29, 0.717) is 19.8 Å². The van der Waals surface area contributed by atoms with Crippen molar-refractivity contribution in [2.75, 3.05) is 19.8 Å². The van der Waals surface area contributed by atoms with E-state index >= 15 is 0 Å². The van der Waals surface area contributed by atoms with Crippen LogP contribution in [0.15, 0.2) is 18.2 Å². The zero-order chi connectivity index (χ0) is 12.3. The lowest BCUT2D eigenvalue weighted by Gasteiger charge is -2.23. The van der Waals surface area contributed by atoms with Gasteiger partial charge in [0.2, 0.25) is 0 Å². The summed E-state index contributed by atoms with van der Waals surface area (Å²) >= 11 is 0. The Kier molecular flexibility index (Phi) is 3.81. The van der Waals surface area contributed by atoms with Crippen LogP contribution in [0.3, 0.4) is 0 Å². The summed E-state index contributed by atoms with van der Waals surface area (Å²) in [4.78, 5) is 11.8. The summed E-state index contributed by atoms with van der Waals surface area (Å²) in [5, 5.41) is 3.12. The molecule has 0 saturated carbocycles. The number of carbonyl (C=O) groups excluding carboxylic acids is 1. The first-order valence-electron chi connectivity index (χ1n) is 5.45. The Morgan fingerprint density at radius 1 is 1.35 bits per heavy atom. The first kappa shape index (κ1) is 12.1. The van der Waals surface area contributed by atoms with Gasteiger partial charge in [-0.25, -0.2) is 8.78 Å². The van der Waals surface area contributed by atoms with Crippen LogP contribution in [0, 0.1) is 11.6 Å². The van der Waals surface area contributed by atoms with Crippen molar-refractivity contribution in [1.29, 1.82) is 0 Å². The quantitative estimate of drug-likeness (QED) is 0.815. The van der Waals surface area contributed by atoms with Crippen LogP contribution in [0.25, 0.3) is 0 Å². The fraction of sp³-hybridized carbons (Fsp3) is 0.417. The lowest BCUT2D eigenvalue weighted by atomic mass is 10.0. The van der Waals surface area contributed by atoms with Gasteiger partial charge in [-0.2, -0.15) is 0 Å². The fourth-order valence-corrected chi connectivity index (χ4v) is 1.81. The predicted molar refractivity (Wildman–Crippen MR) is 57.9 cm³/mol. The van der Waals surface area contributed by atoms with E-state index < -0.39 is 11.6 Å². The molecule has 0 amide bonds. The van der Waals surface area contributed by atoms with E-state index in [1.807, 2.05) is 0 Å². The molecule has 3 nitrogen and oxygen atoms in total. The van der Waals surface area contributed by atoms with Gasteiger partial charge < -0.3 is 10.1 Å². The number of ether oxygens (including phenoxy) is 1. The molecular weight excluding hydrogens is 228 g/mol. The average molecular weight is 241 g/mol. The van der Waals surface area contributed by atoms with Gasteiger partial charge in [-0.3, -0.25) is 4.79 Å². The van der Waals surface area contributed by atoms with Crippen LogP contribution in [-0.2, 0) is 4.74 Å². The molecule has 1 unspecified atom stereocenters. The molecule has 2 rings (SSSR count). The van der Waals surface area contributed by atoms with Crippen molar-refractivity contribution < 1.29 is 18.3 Å². The number of hydrogen-bond acceptors (Lipinski definition) is 3. The van der Waals surface area contributed by atoms with Crippen LogP contribution >= 0.6 is 0 Å². The van der Waals surface area contributed by atoms with Crippen molar-refractivity contribution in [3.63, 3.8) is 0 Å². The number of ketones is 1. The molecule has 17 heavy (non-hydrogen) atoms. The Labute approximate surface area is 97.8 Å². The van der Waals surface area contributed by atoms with Crippen molar-refractivity contribution in [3.8, 4) is 0 Å². The van der Waals surface area contributed by atoms with Crippen molar-refractivity contribution >= 4 is 5.78 Å². The lowest BCUT2D eigenvalue weighted by molar-refractivity contribution is 0.0675. The molecule has 1 aliphatic rings. The van der Waals surface area contributed by atoms with E-state index in [-0.39, 0.29) is 23.8 Å². The molecule has 1 heterocycles. The summed E-state index contributed by atoms with van der Waals surface area (Å²) < 4.78 is 31.1. The monoisotopic (exact) mass is 241 g/mol. The number of nitrogens with one attached hydrogen (secondary N) is 1. The van der Waals surface area contributed by atoms with Gasteiger partial charge in [-0.15, -0.1) is 0 Å². The lowest BCUT2D eigenvalue weighted by Crippen LogP contribution is -2.42. The Bertz CT molecular complexity index is 397. The fourth-order valence-electron chi connectivity index (χ4n) is 1.81. The van der Waals surface area contributed by atoms with Gasteiger partial charge in [-0.05, 0) is 12.1 Å². The first-order valence-corrected chi connectivity index (χ1v) is 5.45. The second kappa shape index (κ2) is 5.33. The number of benzene rings is 1. The minimum atomic E-state index is -0.735. The predicted octanol–water partition coefficient (Wildman–Crippen LogP) is 1.53. The van der Waals surface area contributed by atoms with Crippen LogP contribution in [0.2, 0.25) is 0 Å².